The maximum absolute atomic E-state index is 6.49. The standard InChI is InChI=1S/C25H22O2S/c1-2-4-21-18(3-1)13-24(26-21)19-7-5-16-9-10-22(27-23(16)14-19)20-8-6-17-11-12-28-25(17)15-20/h1-8,14-15,22,24H,9-13H2. The molecule has 3 aromatic carbocycles. The molecule has 28 heavy (non-hydrogen) atoms. The fraction of sp³-hybridized carbons (Fsp3) is 0.280. The second kappa shape index (κ2) is 6.59. The Morgan fingerprint density at radius 3 is 2.46 bits per heavy atom. The molecule has 6 rings (SSSR count). The zero-order chi connectivity index (χ0) is 18.5. The predicted molar refractivity (Wildman–Crippen MR) is 113 cm³/mol. The number of para-hydroxylation sites is 1. The van der Waals surface area contributed by atoms with Gasteiger partial charge >= 0.3 is 0 Å². The van der Waals surface area contributed by atoms with Crippen molar-refractivity contribution in [2.45, 2.75) is 42.8 Å². The molecular formula is C25H22O2S. The van der Waals surface area contributed by atoms with Crippen LogP contribution in [0.25, 0.3) is 0 Å². The summed E-state index contributed by atoms with van der Waals surface area (Å²) in [7, 11) is 0. The third-order valence-corrected chi connectivity index (χ3v) is 7.25. The van der Waals surface area contributed by atoms with Gasteiger partial charge in [-0.05, 0) is 65.3 Å². The Kier molecular flexibility index (Phi) is 3.90. The van der Waals surface area contributed by atoms with Gasteiger partial charge in [0.25, 0.3) is 0 Å². The van der Waals surface area contributed by atoms with Crippen LogP contribution in [0.5, 0.6) is 11.5 Å². The number of rotatable bonds is 2. The van der Waals surface area contributed by atoms with E-state index >= 15 is 0 Å². The maximum atomic E-state index is 6.49. The number of hydrogen-bond donors (Lipinski definition) is 0. The van der Waals surface area contributed by atoms with Gasteiger partial charge in [0.2, 0.25) is 0 Å². The van der Waals surface area contributed by atoms with Gasteiger partial charge in [0.15, 0.2) is 0 Å². The SMILES string of the molecule is c1ccc2c(c1)CC(c1ccc3c(c1)OC(c1ccc4c(c1)SCC4)CC3)O2. The monoisotopic (exact) mass is 386 g/mol. The highest BCUT2D eigenvalue weighted by atomic mass is 32.2. The quantitative estimate of drug-likeness (QED) is 0.532. The molecule has 0 radical (unpaired) electrons. The fourth-order valence-corrected chi connectivity index (χ4v) is 5.69. The van der Waals surface area contributed by atoms with Crippen molar-refractivity contribution in [1.29, 1.82) is 0 Å². The molecule has 2 unspecified atom stereocenters. The van der Waals surface area contributed by atoms with Crippen LogP contribution in [-0.2, 0) is 19.3 Å². The summed E-state index contributed by atoms with van der Waals surface area (Å²) in [6.07, 6.45) is 4.47. The third kappa shape index (κ3) is 2.80. The third-order valence-electron chi connectivity index (χ3n) is 6.15. The van der Waals surface area contributed by atoms with Crippen LogP contribution >= 0.6 is 11.8 Å². The minimum atomic E-state index is 0.0862. The molecule has 0 N–H and O–H groups in total. The smallest absolute Gasteiger partial charge is 0.128 e. The normalized spacial score (nSPS) is 22.0. The zero-order valence-electron chi connectivity index (χ0n) is 15.7. The van der Waals surface area contributed by atoms with Crippen LogP contribution in [0.2, 0.25) is 0 Å². The number of benzene rings is 3. The van der Waals surface area contributed by atoms with Gasteiger partial charge in [-0.25, -0.2) is 0 Å². The number of aryl methyl sites for hydroxylation is 2. The lowest BCUT2D eigenvalue weighted by atomic mass is 9.94. The van der Waals surface area contributed by atoms with Crippen LogP contribution in [0.3, 0.4) is 0 Å². The molecule has 3 aliphatic heterocycles. The van der Waals surface area contributed by atoms with E-state index in [1.54, 1.807) is 0 Å². The molecule has 0 saturated carbocycles. The van der Waals surface area contributed by atoms with Crippen molar-refractivity contribution < 1.29 is 9.47 Å². The van der Waals surface area contributed by atoms with Crippen LogP contribution in [0.1, 0.15) is 46.4 Å². The van der Waals surface area contributed by atoms with E-state index in [0.717, 1.165) is 30.8 Å². The van der Waals surface area contributed by atoms with Gasteiger partial charge in [-0.1, -0.05) is 42.5 Å². The van der Waals surface area contributed by atoms with E-state index in [4.69, 9.17) is 9.47 Å². The van der Waals surface area contributed by atoms with E-state index in [2.05, 4.69) is 54.6 Å². The minimum absolute atomic E-state index is 0.0862. The summed E-state index contributed by atoms with van der Waals surface area (Å²) >= 11 is 1.97. The van der Waals surface area contributed by atoms with E-state index in [-0.39, 0.29) is 12.2 Å². The fourth-order valence-electron chi connectivity index (χ4n) is 4.57. The molecule has 0 saturated heterocycles. The largest absolute Gasteiger partial charge is 0.485 e. The topological polar surface area (TPSA) is 18.5 Å². The minimum Gasteiger partial charge on any atom is -0.485 e. The number of hydrogen-bond acceptors (Lipinski definition) is 3. The van der Waals surface area contributed by atoms with Crippen molar-refractivity contribution in [2.75, 3.05) is 5.75 Å². The van der Waals surface area contributed by atoms with Gasteiger partial charge in [-0.3, -0.25) is 0 Å². The molecule has 0 aromatic heterocycles. The van der Waals surface area contributed by atoms with Crippen molar-refractivity contribution in [3.8, 4) is 11.5 Å². The Morgan fingerprint density at radius 1 is 0.714 bits per heavy atom. The lowest BCUT2D eigenvalue weighted by molar-refractivity contribution is 0.175. The van der Waals surface area contributed by atoms with E-state index < -0.39 is 0 Å². The van der Waals surface area contributed by atoms with Crippen LogP contribution < -0.4 is 9.47 Å². The second-order valence-corrected chi connectivity index (χ2v) is 9.03. The Labute approximate surface area is 169 Å². The second-order valence-electron chi connectivity index (χ2n) is 7.90. The molecule has 140 valence electrons. The van der Waals surface area contributed by atoms with Gasteiger partial charge < -0.3 is 9.47 Å². The molecule has 3 heteroatoms. The molecule has 3 aliphatic rings. The van der Waals surface area contributed by atoms with Crippen LogP contribution in [0, 0.1) is 0 Å². The van der Waals surface area contributed by atoms with E-state index in [1.807, 2.05) is 17.8 Å². The predicted octanol–water partition coefficient (Wildman–Crippen LogP) is 6.08. The first-order valence-corrected chi connectivity index (χ1v) is 11.1. The lowest BCUT2D eigenvalue weighted by Crippen LogP contribution is -2.16. The van der Waals surface area contributed by atoms with Gasteiger partial charge in [0.05, 0.1) is 0 Å². The summed E-state index contributed by atoms with van der Waals surface area (Å²) in [5, 5.41) is 0. The Bertz CT molecular complexity index is 1030. The molecule has 0 bridgehead atoms. The first kappa shape index (κ1) is 16.6. The van der Waals surface area contributed by atoms with Gasteiger partial charge in [-0.2, -0.15) is 0 Å². The summed E-state index contributed by atoms with van der Waals surface area (Å²) in [4.78, 5) is 1.44. The van der Waals surface area contributed by atoms with E-state index in [0.29, 0.717) is 0 Å². The van der Waals surface area contributed by atoms with Crippen LogP contribution in [-0.4, -0.2) is 5.75 Å². The van der Waals surface area contributed by atoms with E-state index in [9.17, 15) is 0 Å². The van der Waals surface area contributed by atoms with Gasteiger partial charge in [0.1, 0.15) is 23.7 Å². The number of thioether (sulfide) groups is 1. The summed E-state index contributed by atoms with van der Waals surface area (Å²) in [5.41, 5.74) is 6.62. The van der Waals surface area contributed by atoms with Gasteiger partial charge in [-0.15, -0.1) is 11.8 Å². The molecule has 0 spiro atoms. The molecule has 0 fully saturated rings. The highest BCUT2D eigenvalue weighted by molar-refractivity contribution is 7.99. The summed E-state index contributed by atoms with van der Waals surface area (Å²) in [5.74, 6) is 3.25. The molecule has 2 nitrogen and oxygen atoms in total. The summed E-state index contributed by atoms with van der Waals surface area (Å²) < 4.78 is 12.7. The van der Waals surface area contributed by atoms with Crippen molar-refractivity contribution in [3.63, 3.8) is 0 Å². The van der Waals surface area contributed by atoms with Crippen molar-refractivity contribution in [1.82, 2.24) is 0 Å². The van der Waals surface area contributed by atoms with Crippen LogP contribution in [0.15, 0.2) is 65.6 Å². The van der Waals surface area contributed by atoms with Crippen molar-refractivity contribution in [2.24, 2.45) is 0 Å². The summed E-state index contributed by atoms with van der Waals surface area (Å²) in [6, 6.07) is 21.9. The lowest BCUT2D eigenvalue weighted by Gasteiger charge is -2.27. The van der Waals surface area contributed by atoms with Crippen LogP contribution in [0.4, 0.5) is 0 Å². The number of fused-ring (bicyclic) bond motifs is 3. The zero-order valence-corrected chi connectivity index (χ0v) is 16.5. The average Bonchev–Trinajstić information content (AvgIpc) is 3.39. The Balaban J connectivity index is 1.26. The highest BCUT2D eigenvalue weighted by Crippen LogP contribution is 2.42. The maximum Gasteiger partial charge on any atom is 0.128 e. The molecule has 3 heterocycles. The van der Waals surface area contributed by atoms with Crippen molar-refractivity contribution in [3.05, 3.63) is 88.5 Å². The Morgan fingerprint density at radius 2 is 1.54 bits per heavy atom. The first-order valence-electron chi connectivity index (χ1n) is 10.1. The Hall–Kier alpha value is -2.39. The van der Waals surface area contributed by atoms with Gasteiger partial charge in [0, 0.05) is 17.1 Å². The molecular weight excluding hydrogens is 364 g/mol. The molecule has 0 aliphatic carbocycles. The first-order chi connectivity index (χ1) is 13.8. The highest BCUT2D eigenvalue weighted by Gasteiger charge is 2.27. The summed E-state index contributed by atoms with van der Waals surface area (Å²) in [6.45, 7) is 0. The van der Waals surface area contributed by atoms with E-state index in [1.165, 1.54) is 44.9 Å². The average molecular weight is 387 g/mol. The van der Waals surface area contributed by atoms with Crippen molar-refractivity contribution >= 4 is 11.8 Å². The molecule has 2 atom stereocenters. The molecule has 3 aromatic rings. The molecule has 0 amide bonds. The number of ether oxygens (including phenoxy) is 2.